The molecular formula is C22H18ClFN8O2. The highest BCUT2D eigenvalue weighted by Crippen LogP contribution is 2.32. The molecule has 0 radical (unpaired) electrons. The number of carbonyl (C=O) groups excluding carboxylic acids is 1. The van der Waals surface area contributed by atoms with Crippen LogP contribution in [0.5, 0.6) is 0 Å². The van der Waals surface area contributed by atoms with E-state index in [1.54, 1.807) is 35.4 Å². The highest BCUT2D eigenvalue weighted by molar-refractivity contribution is 6.33. The third kappa shape index (κ3) is 4.20. The molecule has 34 heavy (non-hydrogen) atoms. The minimum Gasteiger partial charge on any atom is -0.403 e. The Morgan fingerprint density at radius 2 is 2.12 bits per heavy atom. The fourth-order valence-corrected chi connectivity index (χ4v) is 3.65. The number of pyridine rings is 1. The van der Waals surface area contributed by atoms with Gasteiger partial charge < -0.3 is 20.0 Å². The Bertz CT molecular complexity index is 1490. The number of fused-ring (bicyclic) bond motifs is 1. The molecule has 0 aliphatic carbocycles. The highest BCUT2D eigenvalue weighted by Gasteiger charge is 2.16. The van der Waals surface area contributed by atoms with Gasteiger partial charge in [0.15, 0.2) is 0 Å². The number of benzene rings is 1. The molecule has 172 valence electrons. The van der Waals surface area contributed by atoms with Gasteiger partial charge in [-0.15, -0.1) is 5.10 Å². The number of hydrogen-bond donors (Lipinski definition) is 3. The molecule has 0 atom stereocenters. The molecule has 5 aromatic rings. The van der Waals surface area contributed by atoms with Gasteiger partial charge in [-0.1, -0.05) is 16.7 Å². The molecule has 3 N–H and O–H groups in total. The lowest BCUT2D eigenvalue weighted by Crippen LogP contribution is -2.25. The third-order valence-corrected chi connectivity index (χ3v) is 5.39. The predicted octanol–water partition coefficient (Wildman–Crippen LogP) is 4.11. The smallest absolute Gasteiger partial charge is 0.320 e. The average molecular weight is 481 g/mol. The van der Waals surface area contributed by atoms with E-state index in [1.807, 2.05) is 19.3 Å². The van der Waals surface area contributed by atoms with Gasteiger partial charge in [0, 0.05) is 54.3 Å². The van der Waals surface area contributed by atoms with Crippen molar-refractivity contribution < 1.29 is 13.6 Å². The zero-order valence-electron chi connectivity index (χ0n) is 17.8. The summed E-state index contributed by atoms with van der Waals surface area (Å²) in [6.45, 7) is -0.704. The number of hydrogen-bond acceptors (Lipinski definition) is 7. The quantitative estimate of drug-likeness (QED) is 0.320. The summed E-state index contributed by atoms with van der Waals surface area (Å²) in [6, 6.07) is 6.74. The van der Waals surface area contributed by atoms with E-state index in [0.29, 0.717) is 22.5 Å². The molecule has 0 unspecified atom stereocenters. The van der Waals surface area contributed by atoms with Gasteiger partial charge in [0.25, 0.3) is 11.8 Å². The van der Waals surface area contributed by atoms with E-state index < -0.39 is 12.6 Å². The molecule has 0 bridgehead atoms. The van der Waals surface area contributed by atoms with E-state index in [0.717, 1.165) is 16.5 Å². The van der Waals surface area contributed by atoms with E-state index in [2.05, 4.69) is 35.9 Å². The maximum Gasteiger partial charge on any atom is 0.320 e. The van der Waals surface area contributed by atoms with Gasteiger partial charge in [0.05, 0.1) is 22.5 Å². The Hall–Kier alpha value is -4.25. The van der Waals surface area contributed by atoms with Crippen LogP contribution in [0.4, 0.5) is 16.1 Å². The molecule has 0 fully saturated rings. The number of nitrogens with zero attached hydrogens (tertiary/aromatic N) is 5. The second kappa shape index (κ2) is 8.94. The largest absolute Gasteiger partial charge is 0.403 e. The molecule has 12 heteroatoms. The van der Waals surface area contributed by atoms with Crippen LogP contribution in [0.15, 0.2) is 53.5 Å². The van der Waals surface area contributed by atoms with Crippen molar-refractivity contribution in [2.24, 2.45) is 7.05 Å². The minimum absolute atomic E-state index is 0.0612. The summed E-state index contributed by atoms with van der Waals surface area (Å²) in [4.78, 5) is 19.6. The molecule has 0 saturated carbocycles. The number of carbonyl (C=O) groups is 1. The van der Waals surface area contributed by atoms with E-state index in [9.17, 15) is 9.18 Å². The van der Waals surface area contributed by atoms with Crippen molar-refractivity contribution >= 4 is 40.2 Å². The van der Waals surface area contributed by atoms with Crippen LogP contribution in [0.2, 0.25) is 5.02 Å². The summed E-state index contributed by atoms with van der Waals surface area (Å²) in [7, 11) is 1.85. The fraction of sp³-hybridized carbons (Fsp3) is 0.136. The first-order valence-electron chi connectivity index (χ1n) is 10.2. The zero-order valence-corrected chi connectivity index (χ0v) is 18.6. The molecule has 1 amide bonds. The molecule has 5 rings (SSSR count). The molecule has 1 aromatic carbocycles. The Morgan fingerprint density at radius 1 is 1.24 bits per heavy atom. The van der Waals surface area contributed by atoms with Crippen LogP contribution in [-0.2, 0) is 7.05 Å². The van der Waals surface area contributed by atoms with Crippen molar-refractivity contribution in [2.45, 2.75) is 0 Å². The van der Waals surface area contributed by atoms with Crippen molar-refractivity contribution in [1.29, 1.82) is 0 Å². The van der Waals surface area contributed by atoms with Crippen LogP contribution in [0, 0.1) is 0 Å². The summed E-state index contributed by atoms with van der Waals surface area (Å²) in [5.74, 6) is -0.123. The van der Waals surface area contributed by atoms with Gasteiger partial charge in [-0.3, -0.25) is 9.48 Å². The summed E-state index contributed by atoms with van der Waals surface area (Å²) >= 11 is 6.29. The Labute approximate surface area is 197 Å². The maximum atomic E-state index is 12.3. The number of aryl methyl sites for hydroxylation is 1. The van der Waals surface area contributed by atoms with Gasteiger partial charge in [0.2, 0.25) is 0 Å². The van der Waals surface area contributed by atoms with Crippen LogP contribution in [-0.4, -0.2) is 49.1 Å². The first-order chi connectivity index (χ1) is 16.5. The number of amides is 1. The van der Waals surface area contributed by atoms with Gasteiger partial charge in [0.1, 0.15) is 12.3 Å². The molecular weight excluding hydrogens is 463 g/mol. The van der Waals surface area contributed by atoms with Gasteiger partial charge in [-0.05, 0) is 24.3 Å². The summed E-state index contributed by atoms with van der Waals surface area (Å²) < 4.78 is 19.8. The van der Waals surface area contributed by atoms with Crippen molar-refractivity contribution in [2.75, 3.05) is 18.5 Å². The zero-order chi connectivity index (χ0) is 23.7. The van der Waals surface area contributed by atoms with E-state index >= 15 is 0 Å². The number of nitrogens with one attached hydrogen (secondary N) is 3. The number of aromatic nitrogens is 6. The van der Waals surface area contributed by atoms with Crippen molar-refractivity contribution in [3.05, 3.63) is 59.6 Å². The molecule has 10 nitrogen and oxygen atoms in total. The molecule has 0 spiro atoms. The van der Waals surface area contributed by atoms with Gasteiger partial charge >= 0.3 is 6.01 Å². The number of aromatic amines is 1. The lowest BCUT2D eigenvalue weighted by molar-refractivity contribution is 0.0951. The van der Waals surface area contributed by atoms with Gasteiger partial charge in [-0.25, -0.2) is 9.37 Å². The molecule has 4 aromatic heterocycles. The molecule has 0 aliphatic heterocycles. The van der Waals surface area contributed by atoms with Crippen LogP contribution >= 0.6 is 11.6 Å². The minimum atomic E-state index is -0.643. The molecule has 4 heterocycles. The van der Waals surface area contributed by atoms with Crippen molar-refractivity contribution in [1.82, 2.24) is 35.3 Å². The number of rotatable bonds is 7. The number of anilines is 2. The van der Waals surface area contributed by atoms with Crippen LogP contribution in [0.1, 0.15) is 10.4 Å². The second-order valence-corrected chi connectivity index (χ2v) is 7.81. The predicted molar refractivity (Wildman–Crippen MR) is 125 cm³/mol. The fourth-order valence-electron chi connectivity index (χ4n) is 3.43. The van der Waals surface area contributed by atoms with E-state index in [4.69, 9.17) is 16.0 Å². The molecule has 0 aliphatic rings. The second-order valence-electron chi connectivity index (χ2n) is 7.40. The Kier molecular flexibility index (Phi) is 5.68. The van der Waals surface area contributed by atoms with Crippen molar-refractivity contribution in [3.8, 4) is 22.6 Å². The first-order valence-corrected chi connectivity index (χ1v) is 10.6. The topological polar surface area (TPSA) is 127 Å². The van der Waals surface area contributed by atoms with E-state index in [1.165, 1.54) is 6.07 Å². The third-order valence-electron chi connectivity index (χ3n) is 5.08. The Morgan fingerprint density at radius 3 is 2.88 bits per heavy atom. The lowest BCUT2D eigenvalue weighted by Gasteiger charge is -2.07. The summed E-state index contributed by atoms with van der Waals surface area (Å²) in [6.07, 6.45) is 7.19. The Balaban J connectivity index is 1.38. The number of H-pyrrole nitrogens is 1. The molecule has 0 saturated heterocycles. The van der Waals surface area contributed by atoms with E-state index in [-0.39, 0.29) is 23.5 Å². The normalized spacial score (nSPS) is 11.1. The average Bonchev–Trinajstić information content (AvgIpc) is 3.58. The number of alkyl halides is 1. The maximum absolute atomic E-state index is 12.3. The monoisotopic (exact) mass is 480 g/mol. The first kappa shape index (κ1) is 21.6. The van der Waals surface area contributed by atoms with Crippen molar-refractivity contribution in [3.63, 3.8) is 0 Å². The lowest BCUT2D eigenvalue weighted by atomic mass is 10.1. The number of halogens is 2. The summed E-state index contributed by atoms with van der Waals surface area (Å²) in [5, 5.41) is 18.9. The van der Waals surface area contributed by atoms with Gasteiger partial charge in [-0.2, -0.15) is 5.10 Å². The van der Waals surface area contributed by atoms with Crippen LogP contribution in [0.25, 0.3) is 33.6 Å². The summed E-state index contributed by atoms with van der Waals surface area (Å²) in [5.41, 5.74) is 4.00. The highest BCUT2D eigenvalue weighted by atomic mass is 35.5. The standard InChI is InChI=1S/C22H18ClFN8O2/c1-32-11-14(9-28-32)13-6-15-16(10-27-19(15)26-8-13)21-30-31-22(34-21)29-18-3-2-12(7-17(18)23)20(33)25-5-4-24/h2-3,6-11H,4-5H2,1H3,(H,25,33)(H,26,27)(H,29,31). The van der Waals surface area contributed by atoms with Crippen LogP contribution in [0.3, 0.4) is 0 Å². The SMILES string of the molecule is Cn1cc(-c2cnc3[nH]cc(-c4nnc(Nc5ccc(C(=O)NCCF)cc5Cl)o4)c3c2)cn1. The van der Waals surface area contributed by atoms with Crippen LogP contribution < -0.4 is 10.6 Å².